The van der Waals surface area contributed by atoms with Crippen LogP contribution in [0.15, 0.2) is 36.9 Å². The van der Waals surface area contributed by atoms with Gasteiger partial charge >= 0.3 is 0 Å². The quantitative estimate of drug-likeness (QED) is 0.656. The highest BCUT2D eigenvalue weighted by molar-refractivity contribution is 7.80. The normalized spacial score (nSPS) is 15.8. The number of anilines is 2. The average Bonchev–Trinajstić information content (AvgIpc) is 2.47. The fourth-order valence-electron chi connectivity index (χ4n) is 2.36. The lowest BCUT2D eigenvalue weighted by atomic mass is 9.99. The molecule has 0 spiro atoms. The van der Waals surface area contributed by atoms with Crippen LogP contribution in [0.1, 0.15) is 19.8 Å². The van der Waals surface area contributed by atoms with Gasteiger partial charge in [0.05, 0.1) is 0 Å². The summed E-state index contributed by atoms with van der Waals surface area (Å²) in [7, 11) is 0. The van der Waals surface area contributed by atoms with Crippen molar-refractivity contribution < 1.29 is 0 Å². The van der Waals surface area contributed by atoms with Crippen molar-refractivity contribution in [2.75, 3.05) is 29.9 Å². The highest BCUT2D eigenvalue weighted by Gasteiger charge is 2.15. The van der Waals surface area contributed by atoms with Gasteiger partial charge in [-0.25, -0.2) is 0 Å². The van der Waals surface area contributed by atoms with Gasteiger partial charge in [0.15, 0.2) is 5.11 Å². The van der Waals surface area contributed by atoms with E-state index in [4.69, 9.17) is 12.2 Å². The van der Waals surface area contributed by atoms with Gasteiger partial charge in [-0.2, -0.15) is 0 Å². The van der Waals surface area contributed by atoms with Crippen LogP contribution in [0.3, 0.4) is 0 Å². The molecule has 2 N–H and O–H groups in total. The highest BCUT2D eigenvalue weighted by atomic mass is 32.1. The van der Waals surface area contributed by atoms with Crippen molar-refractivity contribution in [3.05, 3.63) is 36.9 Å². The predicted octanol–water partition coefficient (Wildman–Crippen LogP) is 3.40. The van der Waals surface area contributed by atoms with E-state index in [2.05, 4.69) is 53.3 Å². The van der Waals surface area contributed by atoms with Crippen LogP contribution in [0.2, 0.25) is 0 Å². The van der Waals surface area contributed by atoms with Crippen molar-refractivity contribution in [3.63, 3.8) is 0 Å². The zero-order valence-electron chi connectivity index (χ0n) is 12.1. The maximum absolute atomic E-state index is 5.19. The zero-order valence-corrected chi connectivity index (χ0v) is 12.9. The summed E-state index contributed by atoms with van der Waals surface area (Å²) in [6, 6.07) is 8.48. The van der Waals surface area contributed by atoms with Gasteiger partial charge in [-0.3, -0.25) is 0 Å². The third-order valence-corrected chi connectivity index (χ3v) is 3.93. The first-order valence-electron chi connectivity index (χ1n) is 7.20. The number of piperidine rings is 1. The lowest BCUT2D eigenvalue weighted by molar-refractivity contribution is 0.438. The predicted molar refractivity (Wildman–Crippen MR) is 91.5 cm³/mol. The van der Waals surface area contributed by atoms with Crippen LogP contribution in [-0.2, 0) is 0 Å². The average molecular weight is 289 g/mol. The Kier molecular flexibility index (Phi) is 5.41. The molecule has 0 aromatic heterocycles. The summed E-state index contributed by atoms with van der Waals surface area (Å²) in [5.74, 6) is 0.862. The molecular weight excluding hydrogens is 266 g/mol. The second-order valence-corrected chi connectivity index (χ2v) is 5.75. The number of thiocarbonyl (C=S) groups is 1. The minimum Gasteiger partial charge on any atom is -0.372 e. The Balaban J connectivity index is 1.89. The van der Waals surface area contributed by atoms with E-state index < -0.39 is 0 Å². The fourth-order valence-corrected chi connectivity index (χ4v) is 2.56. The van der Waals surface area contributed by atoms with Gasteiger partial charge in [-0.1, -0.05) is 13.0 Å². The van der Waals surface area contributed by atoms with E-state index in [1.807, 2.05) is 0 Å². The Morgan fingerprint density at radius 2 is 2.00 bits per heavy atom. The third kappa shape index (κ3) is 4.23. The van der Waals surface area contributed by atoms with Crippen LogP contribution in [0, 0.1) is 5.92 Å². The van der Waals surface area contributed by atoms with Gasteiger partial charge in [-0.15, -0.1) is 6.58 Å². The van der Waals surface area contributed by atoms with E-state index >= 15 is 0 Å². The van der Waals surface area contributed by atoms with E-state index in [0.717, 1.165) is 24.7 Å². The standard InChI is InChI=1S/C16H23N3S/c1-3-10-17-16(20)18-14-4-6-15(7-5-14)19-11-8-13(2)9-12-19/h3-7,13H,1,8-12H2,2H3,(H2,17,18,20). The lowest BCUT2D eigenvalue weighted by Gasteiger charge is -2.32. The molecule has 1 aliphatic heterocycles. The molecule has 2 rings (SSSR count). The van der Waals surface area contributed by atoms with E-state index in [1.54, 1.807) is 6.08 Å². The van der Waals surface area contributed by atoms with Crippen molar-refractivity contribution in [1.82, 2.24) is 5.32 Å². The molecule has 108 valence electrons. The molecule has 0 unspecified atom stereocenters. The summed E-state index contributed by atoms with van der Waals surface area (Å²) in [6.07, 6.45) is 4.36. The molecule has 0 radical (unpaired) electrons. The van der Waals surface area contributed by atoms with E-state index in [0.29, 0.717) is 11.7 Å². The summed E-state index contributed by atoms with van der Waals surface area (Å²) in [6.45, 7) is 8.98. The number of hydrogen-bond donors (Lipinski definition) is 2. The zero-order chi connectivity index (χ0) is 14.4. The minimum absolute atomic E-state index is 0.629. The Hall–Kier alpha value is -1.55. The topological polar surface area (TPSA) is 27.3 Å². The summed E-state index contributed by atoms with van der Waals surface area (Å²) >= 11 is 5.19. The number of rotatable bonds is 4. The molecule has 1 saturated heterocycles. The second-order valence-electron chi connectivity index (χ2n) is 5.34. The molecule has 4 heteroatoms. The van der Waals surface area contributed by atoms with Crippen molar-refractivity contribution in [3.8, 4) is 0 Å². The first kappa shape index (κ1) is 14.9. The van der Waals surface area contributed by atoms with Gasteiger partial charge in [0.2, 0.25) is 0 Å². The minimum atomic E-state index is 0.629. The number of hydrogen-bond acceptors (Lipinski definition) is 2. The Morgan fingerprint density at radius 3 is 2.60 bits per heavy atom. The molecule has 0 bridgehead atoms. The Bertz CT molecular complexity index is 447. The molecule has 0 atom stereocenters. The van der Waals surface area contributed by atoms with Gasteiger partial charge in [0, 0.05) is 31.0 Å². The van der Waals surface area contributed by atoms with Crippen molar-refractivity contribution in [2.45, 2.75) is 19.8 Å². The van der Waals surface area contributed by atoms with E-state index in [9.17, 15) is 0 Å². The van der Waals surface area contributed by atoms with Crippen LogP contribution >= 0.6 is 12.2 Å². The number of nitrogens with one attached hydrogen (secondary N) is 2. The molecule has 3 nitrogen and oxygen atoms in total. The first-order chi connectivity index (χ1) is 9.69. The van der Waals surface area contributed by atoms with Crippen LogP contribution in [-0.4, -0.2) is 24.7 Å². The molecule has 0 amide bonds. The molecule has 1 aliphatic rings. The van der Waals surface area contributed by atoms with Gasteiger partial charge in [0.25, 0.3) is 0 Å². The van der Waals surface area contributed by atoms with Gasteiger partial charge in [-0.05, 0) is 55.2 Å². The molecule has 20 heavy (non-hydrogen) atoms. The molecule has 0 saturated carbocycles. The van der Waals surface area contributed by atoms with Crippen LogP contribution in [0.5, 0.6) is 0 Å². The summed E-state index contributed by atoms with van der Waals surface area (Å²) in [5, 5.41) is 6.85. The lowest BCUT2D eigenvalue weighted by Crippen LogP contribution is -2.32. The van der Waals surface area contributed by atoms with Crippen molar-refractivity contribution in [2.24, 2.45) is 5.92 Å². The summed E-state index contributed by atoms with van der Waals surface area (Å²) in [5.41, 5.74) is 2.31. The Morgan fingerprint density at radius 1 is 1.35 bits per heavy atom. The summed E-state index contributed by atoms with van der Waals surface area (Å²) in [4.78, 5) is 2.46. The maximum atomic E-state index is 5.19. The van der Waals surface area contributed by atoms with Crippen molar-refractivity contribution >= 4 is 28.7 Å². The molecule has 1 aromatic carbocycles. The number of nitrogens with zero attached hydrogens (tertiary/aromatic N) is 1. The maximum Gasteiger partial charge on any atom is 0.171 e. The van der Waals surface area contributed by atoms with Gasteiger partial charge < -0.3 is 15.5 Å². The highest BCUT2D eigenvalue weighted by Crippen LogP contribution is 2.24. The van der Waals surface area contributed by atoms with E-state index in [-0.39, 0.29) is 0 Å². The third-order valence-electron chi connectivity index (χ3n) is 3.68. The molecule has 1 heterocycles. The fraction of sp³-hybridized carbons (Fsp3) is 0.438. The molecule has 1 aromatic rings. The SMILES string of the molecule is C=CCNC(=S)Nc1ccc(N2CCC(C)CC2)cc1. The van der Waals surface area contributed by atoms with Crippen LogP contribution < -0.4 is 15.5 Å². The number of benzene rings is 1. The second kappa shape index (κ2) is 7.29. The molecule has 1 fully saturated rings. The van der Waals surface area contributed by atoms with E-state index in [1.165, 1.54) is 18.5 Å². The van der Waals surface area contributed by atoms with Crippen molar-refractivity contribution in [1.29, 1.82) is 0 Å². The van der Waals surface area contributed by atoms with Gasteiger partial charge in [0.1, 0.15) is 0 Å². The Labute approximate surface area is 127 Å². The molecule has 0 aliphatic carbocycles. The largest absolute Gasteiger partial charge is 0.372 e. The smallest absolute Gasteiger partial charge is 0.171 e. The summed E-state index contributed by atoms with van der Waals surface area (Å²) < 4.78 is 0. The van der Waals surface area contributed by atoms with Crippen LogP contribution in [0.25, 0.3) is 0 Å². The monoisotopic (exact) mass is 289 g/mol. The van der Waals surface area contributed by atoms with Crippen LogP contribution in [0.4, 0.5) is 11.4 Å². The first-order valence-corrected chi connectivity index (χ1v) is 7.60. The molecular formula is C16H23N3S.